The Bertz CT molecular complexity index is 1550. The molecule has 4 aromatic rings. The van der Waals surface area contributed by atoms with Gasteiger partial charge < -0.3 is 19.6 Å². The highest BCUT2D eigenvalue weighted by molar-refractivity contribution is 6.52. The Morgan fingerprint density at radius 3 is 2.45 bits per heavy atom. The highest BCUT2D eigenvalue weighted by atomic mass is 16.5. The Kier molecular flexibility index (Phi) is 6.68. The maximum absolute atomic E-state index is 13.6. The molecule has 1 aromatic heterocycles. The molecule has 38 heavy (non-hydrogen) atoms. The number of para-hydroxylation sites is 1. The monoisotopic (exact) mass is 510 g/mol. The molecule has 7 heteroatoms. The van der Waals surface area contributed by atoms with Gasteiger partial charge in [0.2, 0.25) is 0 Å². The van der Waals surface area contributed by atoms with E-state index in [1.807, 2.05) is 31.2 Å². The summed E-state index contributed by atoms with van der Waals surface area (Å²) in [7, 11) is 1.54. The number of aliphatic hydroxyl groups is 1. The summed E-state index contributed by atoms with van der Waals surface area (Å²) < 4.78 is 11.1. The summed E-state index contributed by atoms with van der Waals surface area (Å²) in [4.78, 5) is 32.0. The van der Waals surface area contributed by atoms with Gasteiger partial charge in [-0.2, -0.15) is 0 Å². The number of hydrogen-bond acceptors (Lipinski definition) is 5. The molecule has 1 fully saturated rings. The first-order valence-electron chi connectivity index (χ1n) is 12.6. The van der Waals surface area contributed by atoms with Crippen molar-refractivity contribution in [2.75, 3.05) is 18.6 Å². The van der Waals surface area contributed by atoms with Gasteiger partial charge in [0, 0.05) is 39.5 Å². The van der Waals surface area contributed by atoms with E-state index in [-0.39, 0.29) is 11.3 Å². The van der Waals surface area contributed by atoms with Crippen molar-refractivity contribution >= 4 is 34.0 Å². The number of anilines is 1. The lowest BCUT2D eigenvalue weighted by atomic mass is 9.93. The van der Waals surface area contributed by atoms with Gasteiger partial charge >= 0.3 is 0 Å². The predicted molar refractivity (Wildman–Crippen MR) is 148 cm³/mol. The maximum Gasteiger partial charge on any atom is 0.300 e. The Hall–Kier alpha value is -4.52. The third-order valence-electron chi connectivity index (χ3n) is 6.70. The maximum atomic E-state index is 13.6. The molecule has 2 heterocycles. The second kappa shape index (κ2) is 10.1. The first kappa shape index (κ1) is 25.1. The van der Waals surface area contributed by atoms with Crippen molar-refractivity contribution in [2.24, 2.45) is 5.92 Å². The number of aryl methyl sites for hydroxylation is 1. The number of aromatic nitrogens is 1. The number of aliphatic hydroxyl groups excluding tert-OH is 1. The number of nitrogens with zero attached hydrogens (tertiary/aromatic N) is 1. The molecule has 1 aliphatic rings. The molecule has 0 spiro atoms. The van der Waals surface area contributed by atoms with Gasteiger partial charge in [0.1, 0.15) is 17.3 Å². The molecule has 194 valence electrons. The van der Waals surface area contributed by atoms with Crippen LogP contribution in [0.1, 0.15) is 36.7 Å². The average Bonchev–Trinajstić information content (AvgIpc) is 3.39. The van der Waals surface area contributed by atoms with Crippen molar-refractivity contribution in [3.05, 3.63) is 95.2 Å². The summed E-state index contributed by atoms with van der Waals surface area (Å²) in [5.41, 5.74) is 3.38. The Balaban J connectivity index is 1.69. The standard InChI is InChI=1S/C31H30N2O5/c1-18(2)17-38-22-14-12-20(13-15-22)29(34)27-28(26-19(3)32-25-11-6-5-10-24(25)26)33(31(36)30(27)35)21-8-7-9-23(16-21)37-4/h5-16,18,28,32,34H,17H2,1-4H3/b29-27+. The van der Waals surface area contributed by atoms with E-state index in [2.05, 4.69) is 18.8 Å². The molecule has 1 aliphatic heterocycles. The molecule has 0 radical (unpaired) electrons. The highest BCUT2D eigenvalue weighted by Gasteiger charge is 2.48. The number of rotatable bonds is 7. The normalized spacial score (nSPS) is 17.0. The number of aromatic amines is 1. The van der Waals surface area contributed by atoms with E-state index in [4.69, 9.17) is 9.47 Å². The minimum Gasteiger partial charge on any atom is -0.507 e. The number of carbonyl (C=O) groups is 2. The predicted octanol–water partition coefficient (Wildman–Crippen LogP) is 6.15. The van der Waals surface area contributed by atoms with Crippen molar-refractivity contribution in [1.82, 2.24) is 4.98 Å². The third kappa shape index (κ3) is 4.41. The van der Waals surface area contributed by atoms with Crippen molar-refractivity contribution in [1.29, 1.82) is 0 Å². The van der Waals surface area contributed by atoms with E-state index in [1.54, 1.807) is 55.6 Å². The van der Waals surface area contributed by atoms with Gasteiger partial charge in [-0.15, -0.1) is 0 Å². The molecule has 2 N–H and O–H groups in total. The van der Waals surface area contributed by atoms with Gasteiger partial charge in [-0.3, -0.25) is 14.5 Å². The zero-order valence-corrected chi connectivity index (χ0v) is 21.8. The van der Waals surface area contributed by atoms with Gasteiger partial charge in [-0.25, -0.2) is 0 Å². The first-order chi connectivity index (χ1) is 18.3. The molecule has 7 nitrogen and oxygen atoms in total. The average molecular weight is 511 g/mol. The molecule has 0 aliphatic carbocycles. The van der Waals surface area contributed by atoms with E-state index in [1.165, 1.54) is 4.90 Å². The summed E-state index contributed by atoms with van der Waals surface area (Å²) in [6.45, 7) is 6.60. The number of ketones is 1. The smallest absolute Gasteiger partial charge is 0.300 e. The molecule has 3 aromatic carbocycles. The van der Waals surface area contributed by atoms with Crippen LogP contribution in [0.25, 0.3) is 16.7 Å². The molecule has 0 bridgehead atoms. The van der Waals surface area contributed by atoms with E-state index in [0.717, 1.165) is 22.2 Å². The molecule has 1 unspecified atom stereocenters. The van der Waals surface area contributed by atoms with Crippen LogP contribution in [0, 0.1) is 12.8 Å². The number of amides is 1. The van der Waals surface area contributed by atoms with Crippen LogP contribution in [0.3, 0.4) is 0 Å². The van der Waals surface area contributed by atoms with Crippen molar-refractivity contribution in [3.8, 4) is 11.5 Å². The van der Waals surface area contributed by atoms with Gasteiger partial charge in [0.25, 0.3) is 11.7 Å². The van der Waals surface area contributed by atoms with Crippen molar-refractivity contribution in [3.63, 3.8) is 0 Å². The second-order valence-corrected chi connectivity index (χ2v) is 9.81. The minimum absolute atomic E-state index is 0.0292. The number of benzene rings is 3. The van der Waals surface area contributed by atoms with E-state index in [9.17, 15) is 14.7 Å². The number of ether oxygens (including phenoxy) is 2. The van der Waals surface area contributed by atoms with Crippen molar-refractivity contribution < 1.29 is 24.2 Å². The lowest BCUT2D eigenvalue weighted by Gasteiger charge is -2.26. The molecule has 1 atom stereocenters. The lowest BCUT2D eigenvalue weighted by Crippen LogP contribution is -2.29. The number of carbonyl (C=O) groups excluding carboxylic acids is 2. The van der Waals surface area contributed by atoms with Crippen LogP contribution in [0.15, 0.2) is 78.4 Å². The van der Waals surface area contributed by atoms with E-state index >= 15 is 0 Å². The fraction of sp³-hybridized carbons (Fsp3) is 0.226. The molecule has 0 saturated carbocycles. The molecule has 5 rings (SSSR count). The number of fused-ring (bicyclic) bond motifs is 1. The van der Waals surface area contributed by atoms with Crippen molar-refractivity contribution in [2.45, 2.75) is 26.8 Å². The fourth-order valence-electron chi connectivity index (χ4n) is 4.91. The highest BCUT2D eigenvalue weighted by Crippen LogP contribution is 2.46. The number of methoxy groups -OCH3 is 1. The number of hydrogen-bond donors (Lipinski definition) is 2. The van der Waals surface area contributed by atoms with Crippen LogP contribution < -0.4 is 14.4 Å². The van der Waals surface area contributed by atoms with Crippen LogP contribution >= 0.6 is 0 Å². The molecular weight excluding hydrogens is 480 g/mol. The zero-order chi connectivity index (χ0) is 27.0. The molecular formula is C31H30N2O5. The van der Waals surface area contributed by atoms with Crippen LogP contribution in [0.2, 0.25) is 0 Å². The summed E-state index contributed by atoms with van der Waals surface area (Å²) in [5.74, 6) is -0.118. The van der Waals surface area contributed by atoms with Gasteiger partial charge in [-0.1, -0.05) is 38.1 Å². The van der Waals surface area contributed by atoms with E-state index < -0.39 is 17.7 Å². The zero-order valence-electron chi connectivity index (χ0n) is 21.8. The summed E-state index contributed by atoms with van der Waals surface area (Å²) in [5, 5.41) is 12.4. The van der Waals surface area contributed by atoms with Gasteiger partial charge in [0.15, 0.2) is 0 Å². The number of Topliss-reactive ketones (excluding diaryl/α,β-unsaturated/α-hetero) is 1. The SMILES string of the molecule is COc1cccc(N2C(=O)C(=O)/C(=C(/O)c3ccc(OCC(C)C)cc3)C2c2c(C)[nH]c3ccccc23)c1. The Morgan fingerprint density at radius 2 is 1.74 bits per heavy atom. The Morgan fingerprint density at radius 1 is 1.00 bits per heavy atom. The van der Waals surface area contributed by atoms with Gasteiger partial charge in [0.05, 0.1) is 25.3 Å². The summed E-state index contributed by atoms with van der Waals surface area (Å²) >= 11 is 0. The minimum atomic E-state index is -0.852. The lowest BCUT2D eigenvalue weighted by molar-refractivity contribution is -0.132. The van der Waals surface area contributed by atoms with Crippen LogP contribution in [0.5, 0.6) is 11.5 Å². The molecule has 1 amide bonds. The fourth-order valence-corrected chi connectivity index (χ4v) is 4.91. The topological polar surface area (TPSA) is 91.9 Å². The largest absolute Gasteiger partial charge is 0.507 e. The first-order valence-corrected chi connectivity index (χ1v) is 12.6. The second-order valence-electron chi connectivity index (χ2n) is 9.81. The molecule has 1 saturated heterocycles. The third-order valence-corrected chi connectivity index (χ3v) is 6.70. The van der Waals surface area contributed by atoms with Crippen LogP contribution in [-0.2, 0) is 9.59 Å². The van der Waals surface area contributed by atoms with Crippen LogP contribution in [-0.4, -0.2) is 35.5 Å². The summed E-state index contributed by atoms with van der Waals surface area (Å²) in [6.07, 6.45) is 0. The quantitative estimate of drug-likeness (QED) is 0.177. The van der Waals surface area contributed by atoms with Crippen LogP contribution in [0.4, 0.5) is 5.69 Å². The number of nitrogens with one attached hydrogen (secondary N) is 1. The summed E-state index contributed by atoms with van der Waals surface area (Å²) in [6, 6.07) is 20.8. The Labute approximate surface area is 221 Å². The number of H-pyrrole nitrogens is 1. The van der Waals surface area contributed by atoms with E-state index in [0.29, 0.717) is 35.3 Å². The van der Waals surface area contributed by atoms with Gasteiger partial charge in [-0.05, 0) is 55.3 Å².